The molecule has 160 valence electrons. The van der Waals surface area contributed by atoms with Crippen LogP contribution in [0.2, 0.25) is 0 Å². The molecule has 30 heavy (non-hydrogen) atoms. The van der Waals surface area contributed by atoms with Gasteiger partial charge >= 0.3 is 5.97 Å². The molecule has 1 amide bonds. The maximum Gasteiger partial charge on any atom is 0.343 e. The van der Waals surface area contributed by atoms with Gasteiger partial charge in [-0.1, -0.05) is 72.7 Å². The van der Waals surface area contributed by atoms with Crippen LogP contribution in [0.1, 0.15) is 73.4 Å². The molecule has 0 radical (unpaired) electrons. The number of halogens is 1. The zero-order valence-corrected chi connectivity index (χ0v) is 19.2. The van der Waals surface area contributed by atoms with Gasteiger partial charge in [0.15, 0.2) is 0 Å². The van der Waals surface area contributed by atoms with Crippen molar-refractivity contribution in [3.8, 4) is 5.75 Å². The third kappa shape index (κ3) is 8.49. The molecule has 0 aliphatic rings. The summed E-state index contributed by atoms with van der Waals surface area (Å²) in [7, 11) is 0. The molecule has 0 atom stereocenters. The topological polar surface area (TPSA) is 67.8 Å². The van der Waals surface area contributed by atoms with E-state index in [1.54, 1.807) is 30.3 Å². The number of hydrazone groups is 1. The number of ether oxygens (including phenoxy) is 1. The Morgan fingerprint density at radius 2 is 1.83 bits per heavy atom. The van der Waals surface area contributed by atoms with Crippen LogP contribution in [0.25, 0.3) is 0 Å². The minimum Gasteiger partial charge on any atom is -0.422 e. The fourth-order valence-corrected chi connectivity index (χ4v) is 3.32. The fourth-order valence-electron chi connectivity index (χ4n) is 2.94. The van der Waals surface area contributed by atoms with Crippen LogP contribution in [0.15, 0.2) is 52.0 Å². The Kier molecular flexibility index (Phi) is 10.3. The van der Waals surface area contributed by atoms with E-state index in [0.717, 1.165) is 29.3 Å². The van der Waals surface area contributed by atoms with Gasteiger partial charge in [-0.05, 0) is 43.7 Å². The number of aryl methyl sites for hydroxylation is 1. The van der Waals surface area contributed by atoms with Gasteiger partial charge in [-0.25, -0.2) is 10.2 Å². The lowest BCUT2D eigenvalue weighted by Crippen LogP contribution is -2.17. The highest BCUT2D eigenvalue weighted by Crippen LogP contribution is 2.23. The monoisotopic (exact) mass is 472 g/mol. The van der Waals surface area contributed by atoms with E-state index in [0.29, 0.717) is 23.3 Å². The summed E-state index contributed by atoms with van der Waals surface area (Å²) in [4.78, 5) is 24.4. The first-order valence-electron chi connectivity index (χ1n) is 10.4. The normalized spacial score (nSPS) is 10.9. The van der Waals surface area contributed by atoms with E-state index in [1.165, 1.54) is 25.5 Å². The fraction of sp³-hybridized carbons (Fsp3) is 0.375. The number of rotatable bonds is 11. The van der Waals surface area contributed by atoms with Gasteiger partial charge in [0, 0.05) is 16.5 Å². The zero-order valence-electron chi connectivity index (χ0n) is 17.6. The third-order valence-corrected chi connectivity index (χ3v) is 5.07. The molecule has 0 saturated carbocycles. The largest absolute Gasteiger partial charge is 0.422 e. The molecule has 1 N–H and O–H groups in total. The van der Waals surface area contributed by atoms with Crippen molar-refractivity contribution < 1.29 is 14.3 Å². The van der Waals surface area contributed by atoms with E-state index in [1.807, 2.05) is 19.1 Å². The van der Waals surface area contributed by atoms with Crippen LogP contribution in [0, 0.1) is 6.92 Å². The second-order valence-corrected chi connectivity index (χ2v) is 8.17. The van der Waals surface area contributed by atoms with Gasteiger partial charge < -0.3 is 4.74 Å². The number of amides is 1. The Bertz CT molecular complexity index is 881. The number of carbonyl (C=O) groups excluding carboxylic acids is 2. The second kappa shape index (κ2) is 13.0. The maximum absolute atomic E-state index is 12.4. The van der Waals surface area contributed by atoms with Crippen LogP contribution in [0.5, 0.6) is 5.75 Å². The van der Waals surface area contributed by atoms with Crippen LogP contribution < -0.4 is 10.2 Å². The Morgan fingerprint density at radius 1 is 1.07 bits per heavy atom. The minimum atomic E-state index is -0.442. The van der Waals surface area contributed by atoms with Gasteiger partial charge in [0.2, 0.25) is 5.91 Å². The Balaban J connectivity index is 1.91. The summed E-state index contributed by atoms with van der Waals surface area (Å²) in [5.74, 6) is -0.184. The van der Waals surface area contributed by atoms with E-state index in [4.69, 9.17) is 4.74 Å². The van der Waals surface area contributed by atoms with Crippen molar-refractivity contribution in [1.29, 1.82) is 0 Å². The number of hydrogen-bond acceptors (Lipinski definition) is 4. The summed E-state index contributed by atoms with van der Waals surface area (Å²) >= 11 is 3.41. The number of unbranched alkanes of at least 4 members (excludes halogenated alkanes) is 5. The van der Waals surface area contributed by atoms with E-state index >= 15 is 0 Å². The highest BCUT2D eigenvalue weighted by Gasteiger charge is 2.12. The lowest BCUT2D eigenvalue weighted by molar-refractivity contribution is -0.121. The summed E-state index contributed by atoms with van der Waals surface area (Å²) in [6.45, 7) is 4.11. The van der Waals surface area contributed by atoms with Gasteiger partial charge in [-0.3, -0.25) is 4.79 Å². The van der Waals surface area contributed by atoms with Gasteiger partial charge in [0.1, 0.15) is 5.75 Å². The molecular weight excluding hydrogens is 444 g/mol. The van der Waals surface area contributed by atoms with Crippen LogP contribution >= 0.6 is 15.9 Å². The zero-order chi connectivity index (χ0) is 21.8. The molecule has 2 aromatic rings. The Labute approximate surface area is 187 Å². The molecule has 0 unspecified atom stereocenters. The lowest BCUT2D eigenvalue weighted by atomic mass is 10.1. The van der Waals surface area contributed by atoms with Crippen molar-refractivity contribution in [2.24, 2.45) is 5.10 Å². The molecule has 0 aliphatic heterocycles. The Hall–Kier alpha value is -2.47. The number of hydrogen-bond donors (Lipinski definition) is 1. The second-order valence-electron chi connectivity index (χ2n) is 7.25. The van der Waals surface area contributed by atoms with E-state index in [-0.39, 0.29) is 5.91 Å². The molecule has 2 aromatic carbocycles. The lowest BCUT2D eigenvalue weighted by Gasteiger charge is -2.08. The molecule has 6 heteroatoms. The molecule has 5 nitrogen and oxygen atoms in total. The summed E-state index contributed by atoms with van der Waals surface area (Å²) in [5, 5.41) is 4.03. The Morgan fingerprint density at radius 3 is 2.60 bits per heavy atom. The summed E-state index contributed by atoms with van der Waals surface area (Å²) in [5.41, 5.74) is 4.60. The SMILES string of the molecule is CCCCCCCCC(=O)N/N=C\c1cc(Br)ccc1OC(=O)c1cccc(C)c1. The average molecular weight is 473 g/mol. The molecule has 0 aromatic heterocycles. The van der Waals surface area contributed by atoms with Crippen molar-refractivity contribution in [1.82, 2.24) is 5.43 Å². The average Bonchev–Trinajstić information content (AvgIpc) is 2.72. The van der Waals surface area contributed by atoms with E-state index < -0.39 is 5.97 Å². The number of benzene rings is 2. The van der Waals surface area contributed by atoms with Crippen LogP contribution in [0.3, 0.4) is 0 Å². The highest BCUT2D eigenvalue weighted by atomic mass is 79.9. The summed E-state index contributed by atoms with van der Waals surface area (Å²) in [6, 6.07) is 12.5. The van der Waals surface area contributed by atoms with Gasteiger partial charge in [-0.15, -0.1) is 0 Å². The minimum absolute atomic E-state index is 0.116. The maximum atomic E-state index is 12.4. The highest BCUT2D eigenvalue weighted by molar-refractivity contribution is 9.10. The quantitative estimate of drug-likeness (QED) is 0.139. The predicted molar refractivity (Wildman–Crippen MR) is 124 cm³/mol. The molecule has 0 spiro atoms. The van der Waals surface area contributed by atoms with Gasteiger partial charge in [-0.2, -0.15) is 5.10 Å². The first-order valence-corrected chi connectivity index (χ1v) is 11.2. The number of nitrogens with one attached hydrogen (secondary N) is 1. The first kappa shape index (κ1) is 23.8. The third-order valence-electron chi connectivity index (χ3n) is 4.58. The molecular formula is C24H29BrN2O3. The van der Waals surface area contributed by atoms with Crippen molar-refractivity contribution >= 4 is 34.0 Å². The van der Waals surface area contributed by atoms with Crippen LogP contribution in [0.4, 0.5) is 0 Å². The number of esters is 1. The number of nitrogens with zero attached hydrogens (tertiary/aromatic N) is 1. The molecule has 0 fully saturated rings. The van der Waals surface area contributed by atoms with Gasteiger partial charge in [0.05, 0.1) is 11.8 Å². The van der Waals surface area contributed by atoms with Crippen molar-refractivity contribution in [3.63, 3.8) is 0 Å². The van der Waals surface area contributed by atoms with E-state index in [2.05, 4.69) is 33.4 Å². The summed E-state index contributed by atoms with van der Waals surface area (Å²) in [6.07, 6.45) is 8.72. The first-order chi connectivity index (χ1) is 14.5. The standard InChI is InChI=1S/C24H29BrN2O3/c1-3-4-5-6-7-8-12-23(28)27-26-17-20-16-21(25)13-14-22(20)30-24(29)19-11-9-10-18(2)15-19/h9-11,13-17H,3-8,12H2,1-2H3,(H,27,28)/b26-17-. The summed E-state index contributed by atoms with van der Waals surface area (Å²) < 4.78 is 6.36. The number of carbonyl (C=O) groups is 2. The molecule has 0 saturated heterocycles. The smallest absolute Gasteiger partial charge is 0.343 e. The molecule has 0 bridgehead atoms. The van der Waals surface area contributed by atoms with Crippen molar-refractivity contribution in [3.05, 3.63) is 63.6 Å². The van der Waals surface area contributed by atoms with E-state index in [9.17, 15) is 9.59 Å². The molecule has 0 heterocycles. The molecule has 0 aliphatic carbocycles. The van der Waals surface area contributed by atoms with Gasteiger partial charge in [0.25, 0.3) is 0 Å². The molecule has 2 rings (SSSR count). The predicted octanol–water partition coefficient (Wildman–Crippen LogP) is 6.18. The van der Waals surface area contributed by atoms with Crippen LogP contribution in [-0.4, -0.2) is 18.1 Å². The van der Waals surface area contributed by atoms with Crippen LogP contribution in [-0.2, 0) is 4.79 Å². The van der Waals surface area contributed by atoms with Crippen molar-refractivity contribution in [2.45, 2.75) is 58.8 Å². The van der Waals surface area contributed by atoms with Crippen molar-refractivity contribution in [2.75, 3.05) is 0 Å².